The van der Waals surface area contributed by atoms with Crippen molar-refractivity contribution in [1.29, 1.82) is 0 Å². The van der Waals surface area contributed by atoms with Crippen LogP contribution in [0.25, 0.3) is 0 Å². The highest BCUT2D eigenvalue weighted by Crippen LogP contribution is 2.28. The van der Waals surface area contributed by atoms with Crippen LogP contribution in [0.15, 0.2) is 0 Å². The fraction of sp³-hybridized carbons (Fsp3) is 0.778. The van der Waals surface area contributed by atoms with Gasteiger partial charge < -0.3 is 15.5 Å². The first-order chi connectivity index (χ1) is 6.46. The smallest absolute Gasteiger partial charge is 0.329 e. The molecule has 0 atom stereocenters. The number of aliphatic hydroxyl groups excluding tert-OH is 1. The monoisotopic (exact) mass is 201 g/mol. The van der Waals surface area contributed by atoms with Crippen LogP contribution in [0.1, 0.15) is 32.6 Å². The zero-order valence-corrected chi connectivity index (χ0v) is 8.12. The van der Waals surface area contributed by atoms with Crippen molar-refractivity contribution in [2.24, 2.45) is 0 Å². The Balaban J connectivity index is 2.73. The summed E-state index contributed by atoms with van der Waals surface area (Å²) >= 11 is 0. The molecule has 1 saturated carbocycles. The van der Waals surface area contributed by atoms with E-state index in [0.29, 0.717) is 25.7 Å². The Morgan fingerprint density at radius 2 is 1.86 bits per heavy atom. The minimum atomic E-state index is -1.16. The second-order valence-electron chi connectivity index (χ2n) is 3.80. The minimum absolute atomic E-state index is 0.295. The molecule has 0 aromatic carbocycles. The van der Waals surface area contributed by atoms with E-state index >= 15 is 0 Å². The number of aliphatic hydroxyl groups is 1. The molecule has 1 aliphatic carbocycles. The Morgan fingerprint density at radius 1 is 1.36 bits per heavy atom. The number of aliphatic carboxylic acids is 1. The summed E-state index contributed by atoms with van der Waals surface area (Å²) in [6.07, 6.45) is 1.00. The lowest BCUT2D eigenvalue weighted by atomic mass is 9.80. The van der Waals surface area contributed by atoms with Crippen molar-refractivity contribution in [3.05, 3.63) is 0 Å². The number of carbonyl (C=O) groups is 2. The molecule has 1 amide bonds. The van der Waals surface area contributed by atoms with Crippen molar-refractivity contribution in [2.75, 3.05) is 0 Å². The van der Waals surface area contributed by atoms with Crippen molar-refractivity contribution in [3.8, 4) is 0 Å². The van der Waals surface area contributed by atoms with E-state index in [1.807, 2.05) is 0 Å². The first-order valence-electron chi connectivity index (χ1n) is 4.66. The van der Waals surface area contributed by atoms with Crippen molar-refractivity contribution in [2.45, 2.75) is 44.2 Å². The standard InChI is InChI=1S/C9H15NO4/c1-6(11)10-9(8(13)14)4-2-7(12)3-5-9/h7,12H,2-5H2,1H3,(H,10,11)(H,13,14). The van der Waals surface area contributed by atoms with E-state index in [4.69, 9.17) is 5.11 Å². The first kappa shape index (κ1) is 11.0. The second kappa shape index (κ2) is 3.96. The van der Waals surface area contributed by atoms with Gasteiger partial charge in [0, 0.05) is 6.92 Å². The lowest BCUT2D eigenvalue weighted by Crippen LogP contribution is -2.56. The van der Waals surface area contributed by atoms with Gasteiger partial charge in [0.1, 0.15) is 5.54 Å². The minimum Gasteiger partial charge on any atom is -0.480 e. The van der Waals surface area contributed by atoms with Crippen LogP contribution < -0.4 is 5.32 Å². The highest BCUT2D eigenvalue weighted by molar-refractivity contribution is 5.86. The molecule has 0 heterocycles. The molecule has 0 aromatic rings. The van der Waals surface area contributed by atoms with Crippen LogP contribution in [0.2, 0.25) is 0 Å². The van der Waals surface area contributed by atoms with E-state index in [0.717, 1.165) is 0 Å². The number of hydrogen-bond donors (Lipinski definition) is 3. The van der Waals surface area contributed by atoms with E-state index < -0.39 is 17.6 Å². The van der Waals surface area contributed by atoms with E-state index in [9.17, 15) is 14.7 Å². The maximum atomic E-state index is 11.0. The van der Waals surface area contributed by atoms with Gasteiger partial charge in [0.25, 0.3) is 0 Å². The van der Waals surface area contributed by atoms with Gasteiger partial charge in [-0.25, -0.2) is 4.79 Å². The summed E-state index contributed by atoms with van der Waals surface area (Å²) in [5.41, 5.74) is -1.16. The molecule has 0 spiro atoms. The third-order valence-electron chi connectivity index (χ3n) is 2.63. The lowest BCUT2D eigenvalue weighted by molar-refractivity contribution is -0.150. The van der Waals surface area contributed by atoms with E-state index in [2.05, 4.69) is 5.32 Å². The maximum Gasteiger partial charge on any atom is 0.329 e. The quantitative estimate of drug-likeness (QED) is 0.581. The Hall–Kier alpha value is -1.10. The van der Waals surface area contributed by atoms with Crippen molar-refractivity contribution in [1.82, 2.24) is 5.32 Å². The van der Waals surface area contributed by atoms with Gasteiger partial charge in [-0.05, 0) is 25.7 Å². The number of carbonyl (C=O) groups excluding carboxylic acids is 1. The Kier molecular flexibility index (Phi) is 3.10. The zero-order valence-electron chi connectivity index (χ0n) is 8.12. The molecule has 0 aromatic heterocycles. The molecule has 14 heavy (non-hydrogen) atoms. The first-order valence-corrected chi connectivity index (χ1v) is 4.66. The van der Waals surface area contributed by atoms with Gasteiger partial charge >= 0.3 is 5.97 Å². The van der Waals surface area contributed by atoms with E-state index in [1.165, 1.54) is 6.92 Å². The summed E-state index contributed by atoms with van der Waals surface area (Å²) in [6, 6.07) is 0. The van der Waals surface area contributed by atoms with E-state index in [-0.39, 0.29) is 5.91 Å². The van der Waals surface area contributed by atoms with Crippen molar-refractivity contribution < 1.29 is 19.8 Å². The summed E-state index contributed by atoms with van der Waals surface area (Å²) in [6.45, 7) is 1.30. The molecule has 5 nitrogen and oxygen atoms in total. The van der Waals surface area contributed by atoms with Crippen LogP contribution in [-0.2, 0) is 9.59 Å². The summed E-state index contributed by atoms with van der Waals surface area (Å²) in [7, 11) is 0. The Bertz CT molecular complexity index is 243. The van der Waals surface area contributed by atoms with Gasteiger partial charge in [0.05, 0.1) is 6.10 Å². The molecular weight excluding hydrogens is 186 g/mol. The molecule has 0 radical (unpaired) electrons. The van der Waals surface area contributed by atoms with E-state index in [1.54, 1.807) is 0 Å². The number of carboxylic acid groups (broad SMARTS) is 1. The van der Waals surface area contributed by atoms with Crippen LogP contribution in [0, 0.1) is 0 Å². The van der Waals surface area contributed by atoms with Crippen molar-refractivity contribution >= 4 is 11.9 Å². The van der Waals surface area contributed by atoms with Gasteiger partial charge in [-0.15, -0.1) is 0 Å². The molecule has 1 rings (SSSR count). The molecule has 0 bridgehead atoms. The molecule has 0 saturated heterocycles. The van der Waals surface area contributed by atoms with Gasteiger partial charge in [-0.3, -0.25) is 4.79 Å². The predicted octanol–water partition coefficient (Wildman–Crippen LogP) is -0.119. The lowest BCUT2D eigenvalue weighted by Gasteiger charge is -2.35. The predicted molar refractivity (Wildman–Crippen MR) is 48.7 cm³/mol. The number of rotatable bonds is 2. The second-order valence-corrected chi connectivity index (χ2v) is 3.80. The average molecular weight is 201 g/mol. The highest BCUT2D eigenvalue weighted by atomic mass is 16.4. The SMILES string of the molecule is CC(=O)NC1(C(=O)O)CCC(O)CC1. The molecule has 1 aliphatic rings. The third-order valence-corrected chi connectivity index (χ3v) is 2.63. The maximum absolute atomic E-state index is 11.0. The van der Waals surface area contributed by atoms with Gasteiger partial charge in [-0.2, -0.15) is 0 Å². The van der Waals surface area contributed by atoms with Crippen molar-refractivity contribution in [3.63, 3.8) is 0 Å². The summed E-state index contributed by atoms with van der Waals surface area (Å²) in [4.78, 5) is 21.9. The Labute approximate surface area is 82.1 Å². The number of amides is 1. The van der Waals surface area contributed by atoms with Gasteiger partial charge in [-0.1, -0.05) is 0 Å². The number of carboxylic acids is 1. The number of hydrogen-bond acceptors (Lipinski definition) is 3. The fourth-order valence-electron chi connectivity index (χ4n) is 1.82. The van der Waals surface area contributed by atoms with Gasteiger partial charge in [0.2, 0.25) is 5.91 Å². The topological polar surface area (TPSA) is 86.6 Å². The molecular formula is C9H15NO4. The normalized spacial score (nSPS) is 32.3. The molecule has 5 heteroatoms. The molecule has 0 unspecified atom stereocenters. The number of nitrogens with one attached hydrogen (secondary N) is 1. The van der Waals surface area contributed by atoms with Crippen LogP contribution in [-0.4, -0.2) is 33.7 Å². The summed E-state index contributed by atoms with van der Waals surface area (Å²) < 4.78 is 0. The average Bonchev–Trinajstić information content (AvgIpc) is 2.08. The Morgan fingerprint density at radius 3 is 2.21 bits per heavy atom. The molecule has 1 fully saturated rings. The van der Waals surface area contributed by atoms with Gasteiger partial charge in [0.15, 0.2) is 0 Å². The fourth-order valence-corrected chi connectivity index (χ4v) is 1.82. The molecule has 0 aliphatic heterocycles. The molecule has 80 valence electrons. The van der Waals surface area contributed by atoms with Crippen LogP contribution >= 0.6 is 0 Å². The summed E-state index contributed by atoms with van der Waals surface area (Å²) in [5, 5.41) is 20.7. The van der Waals surface area contributed by atoms with Crippen LogP contribution in [0.3, 0.4) is 0 Å². The zero-order chi connectivity index (χ0) is 10.8. The summed E-state index contributed by atoms with van der Waals surface area (Å²) in [5.74, 6) is -1.36. The van der Waals surface area contributed by atoms with Crippen LogP contribution in [0.4, 0.5) is 0 Å². The molecule has 3 N–H and O–H groups in total. The largest absolute Gasteiger partial charge is 0.480 e. The third kappa shape index (κ3) is 2.23. The van der Waals surface area contributed by atoms with Crippen LogP contribution in [0.5, 0.6) is 0 Å². The highest BCUT2D eigenvalue weighted by Gasteiger charge is 2.42.